The zero-order valence-corrected chi connectivity index (χ0v) is 13.5. The third kappa shape index (κ3) is 3.44. The van der Waals surface area contributed by atoms with Crippen molar-refractivity contribution in [3.05, 3.63) is 42.0 Å². The molecule has 0 saturated carbocycles. The maximum Gasteiger partial charge on any atom is 0.253 e. The molecule has 1 N–H and O–H groups in total. The number of amides is 1. The molecular formula is C15H20N4OS. The maximum atomic E-state index is 12.6. The second-order valence-corrected chi connectivity index (χ2v) is 5.99. The van der Waals surface area contributed by atoms with Crippen LogP contribution in [-0.4, -0.2) is 26.9 Å². The van der Waals surface area contributed by atoms with Crippen molar-refractivity contribution in [2.24, 2.45) is 13.0 Å². The van der Waals surface area contributed by atoms with Crippen molar-refractivity contribution in [2.45, 2.75) is 24.8 Å². The lowest BCUT2D eigenvalue weighted by Gasteiger charge is -2.22. The molecule has 2 rings (SSSR count). The topological polar surface area (TPSA) is 59.8 Å². The van der Waals surface area contributed by atoms with E-state index in [4.69, 9.17) is 0 Å². The van der Waals surface area contributed by atoms with Crippen molar-refractivity contribution >= 4 is 17.7 Å². The molecule has 112 valence electrons. The maximum absolute atomic E-state index is 12.6. The monoisotopic (exact) mass is 304 g/mol. The molecule has 1 aromatic carbocycles. The summed E-state index contributed by atoms with van der Waals surface area (Å²) in [6.07, 6.45) is 3.47. The molecule has 0 bridgehead atoms. The molecule has 21 heavy (non-hydrogen) atoms. The van der Waals surface area contributed by atoms with Crippen LogP contribution in [-0.2, 0) is 7.05 Å². The predicted octanol–water partition coefficient (Wildman–Crippen LogP) is 2.66. The number of nitrogens with zero attached hydrogens (tertiary/aromatic N) is 3. The Bertz CT molecular complexity index is 624. The Morgan fingerprint density at radius 2 is 2.05 bits per heavy atom. The molecule has 0 aliphatic carbocycles. The van der Waals surface area contributed by atoms with Crippen LogP contribution in [0.15, 0.2) is 35.5 Å². The van der Waals surface area contributed by atoms with Crippen LogP contribution < -0.4 is 5.32 Å². The quantitative estimate of drug-likeness (QED) is 0.863. The smallest absolute Gasteiger partial charge is 0.253 e. The third-order valence-corrected chi connectivity index (χ3v) is 4.13. The van der Waals surface area contributed by atoms with Crippen LogP contribution in [0.4, 0.5) is 0 Å². The average Bonchev–Trinajstić information content (AvgIpc) is 2.90. The van der Waals surface area contributed by atoms with Crippen LogP contribution in [0.1, 0.15) is 36.1 Å². The molecule has 1 aromatic heterocycles. The van der Waals surface area contributed by atoms with Crippen molar-refractivity contribution in [2.75, 3.05) is 6.26 Å². The number of aromatic nitrogens is 3. The molecular weight excluding hydrogens is 284 g/mol. The third-order valence-electron chi connectivity index (χ3n) is 3.33. The highest BCUT2D eigenvalue weighted by atomic mass is 32.2. The summed E-state index contributed by atoms with van der Waals surface area (Å²) in [7, 11) is 1.83. The number of carbonyl (C=O) groups excluding carboxylic acids is 1. The van der Waals surface area contributed by atoms with E-state index in [2.05, 4.69) is 29.2 Å². The van der Waals surface area contributed by atoms with Gasteiger partial charge < -0.3 is 5.32 Å². The Morgan fingerprint density at radius 3 is 2.62 bits per heavy atom. The molecule has 0 unspecified atom stereocenters. The standard InChI is InChI=1S/C15H20N4OS/c1-10(2)13(14-16-9-17-19(14)3)18-15(20)11-7-5-6-8-12(11)21-4/h5-10,13H,1-4H3,(H,18,20)/t13-/m0/s1. The highest BCUT2D eigenvalue weighted by molar-refractivity contribution is 7.98. The summed E-state index contributed by atoms with van der Waals surface area (Å²) >= 11 is 1.57. The van der Waals surface area contributed by atoms with Crippen molar-refractivity contribution in [1.82, 2.24) is 20.1 Å². The summed E-state index contributed by atoms with van der Waals surface area (Å²) < 4.78 is 1.70. The first-order chi connectivity index (χ1) is 10.0. The van der Waals surface area contributed by atoms with E-state index < -0.39 is 0 Å². The molecule has 5 nitrogen and oxygen atoms in total. The molecule has 0 spiro atoms. The fourth-order valence-electron chi connectivity index (χ4n) is 2.17. The minimum absolute atomic E-state index is 0.0818. The number of aryl methyl sites for hydroxylation is 1. The molecule has 1 heterocycles. The normalized spacial score (nSPS) is 12.4. The fraction of sp³-hybridized carbons (Fsp3) is 0.400. The van der Waals surface area contributed by atoms with E-state index in [9.17, 15) is 4.79 Å². The lowest BCUT2D eigenvalue weighted by molar-refractivity contribution is 0.0919. The van der Waals surface area contributed by atoms with Gasteiger partial charge in [0.1, 0.15) is 12.2 Å². The number of hydrogen-bond acceptors (Lipinski definition) is 4. The Labute approximate surface area is 129 Å². The molecule has 6 heteroatoms. The summed E-state index contributed by atoms with van der Waals surface area (Å²) in [5.74, 6) is 0.903. The van der Waals surface area contributed by atoms with Gasteiger partial charge in [-0.3, -0.25) is 9.48 Å². The summed E-state index contributed by atoms with van der Waals surface area (Å²) in [4.78, 5) is 17.8. The second kappa shape index (κ2) is 6.76. The minimum Gasteiger partial charge on any atom is -0.342 e. The highest BCUT2D eigenvalue weighted by Crippen LogP contribution is 2.23. The predicted molar refractivity (Wildman–Crippen MR) is 84.3 cm³/mol. The highest BCUT2D eigenvalue weighted by Gasteiger charge is 2.23. The summed E-state index contributed by atoms with van der Waals surface area (Å²) in [6, 6.07) is 7.44. The summed E-state index contributed by atoms with van der Waals surface area (Å²) in [5, 5.41) is 7.16. The van der Waals surface area contributed by atoms with Gasteiger partial charge in [-0.15, -0.1) is 11.8 Å². The van der Waals surface area contributed by atoms with Gasteiger partial charge in [-0.1, -0.05) is 26.0 Å². The number of nitrogens with one attached hydrogen (secondary N) is 1. The van der Waals surface area contributed by atoms with Crippen molar-refractivity contribution in [1.29, 1.82) is 0 Å². The Kier molecular flexibility index (Phi) is 5.01. The average molecular weight is 304 g/mol. The van der Waals surface area contributed by atoms with Crippen molar-refractivity contribution < 1.29 is 4.79 Å². The lowest BCUT2D eigenvalue weighted by Crippen LogP contribution is -2.33. The van der Waals surface area contributed by atoms with Crippen LogP contribution in [0.3, 0.4) is 0 Å². The van der Waals surface area contributed by atoms with E-state index in [1.54, 1.807) is 16.4 Å². The van der Waals surface area contributed by atoms with Gasteiger partial charge >= 0.3 is 0 Å². The van der Waals surface area contributed by atoms with Crippen LogP contribution in [0.2, 0.25) is 0 Å². The van der Waals surface area contributed by atoms with Crippen LogP contribution in [0.5, 0.6) is 0 Å². The Hall–Kier alpha value is -1.82. The van der Waals surface area contributed by atoms with Crippen molar-refractivity contribution in [3.8, 4) is 0 Å². The van der Waals surface area contributed by atoms with Gasteiger partial charge in [0, 0.05) is 11.9 Å². The zero-order chi connectivity index (χ0) is 15.4. The Morgan fingerprint density at radius 1 is 1.33 bits per heavy atom. The molecule has 1 amide bonds. The molecule has 0 aliphatic rings. The van der Waals surface area contributed by atoms with E-state index in [0.29, 0.717) is 5.56 Å². The van der Waals surface area contributed by atoms with Crippen LogP contribution in [0.25, 0.3) is 0 Å². The number of carbonyl (C=O) groups is 1. The van der Waals surface area contributed by atoms with Crippen LogP contribution in [0, 0.1) is 5.92 Å². The fourth-order valence-corrected chi connectivity index (χ4v) is 2.76. The minimum atomic E-state index is -0.167. The Balaban J connectivity index is 2.25. The first-order valence-electron chi connectivity index (χ1n) is 6.82. The van der Waals surface area contributed by atoms with Crippen molar-refractivity contribution in [3.63, 3.8) is 0 Å². The van der Waals surface area contributed by atoms with Crippen LogP contribution >= 0.6 is 11.8 Å². The summed E-state index contributed by atoms with van der Waals surface area (Å²) in [6.45, 7) is 4.11. The van der Waals surface area contributed by atoms with E-state index >= 15 is 0 Å². The van der Waals surface area contributed by atoms with E-state index in [-0.39, 0.29) is 17.9 Å². The van der Waals surface area contributed by atoms with Gasteiger partial charge in [0.15, 0.2) is 0 Å². The van der Waals surface area contributed by atoms with Gasteiger partial charge in [-0.2, -0.15) is 5.10 Å². The van der Waals surface area contributed by atoms with E-state index in [0.717, 1.165) is 10.7 Å². The van der Waals surface area contributed by atoms with Gasteiger partial charge in [0.05, 0.1) is 11.6 Å². The first-order valence-corrected chi connectivity index (χ1v) is 8.04. The lowest BCUT2D eigenvalue weighted by atomic mass is 10.0. The molecule has 0 aliphatic heterocycles. The summed E-state index contributed by atoms with van der Waals surface area (Å²) in [5.41, 5.74) is 0.692. The SMILES string of the molecule is CSc1ccccc1C(=O)N[C@H](c1ncnn1C)C(C)C. The number of thioether (sulfide) groups is 1. The van der Waals surface area contributed by atoms with Gasteiger partial charge in [0.2, 0.25) is 0 Å². The number of benzene rings is 1. The van der Waals surface area contributed by atoms with E-state index in [1.165, 1.54) is 6.33 Å². The molecule has 1 atom stereocenters. The van der Waals surface area contributed by atoms with Gasteiger partial charge in [0.25, 0.3) is 5.91 Å². The van der Waals surface area contributed by atoms with E-state index in [1.807, 2.05) is 37.6 Å². The molecule has 0 fully saturated rings. The second-order valence-electron chi connectivity index (χ2n) is 5.14. The first kappa shape index (κ1) is 15.6. The van der Waals surface area contributed by atoms with Gasteiger partial charge in [-0.05, 0) is 24.3 Å². The largest absolute Gasteiger partial charge is 0.342 e. The molecule has 0 saturated heterocycles. The number of hydrogen-bond donors (Lipinski definition) is 1. The van der Waals surface area contributed by atoms with Gasteiger partial charge in [-0.25, -0.2) is 4.98 Å². The number of rotatable bonds is 5. The molecule has 2 aromatic rings. The zero-order valence-electron chi connectivity index (χ0n) is 12.7. The molecule has 0 radical (unpaired) electrons.